The van der Waals surface area contributed by atoms with E-state index >= 15 is 0 Å². The second-order valence-corrected chi connectivity index (χ2v) is 4.90. The average molecular weight is 264 g/mol. The molecule has 0 amide bonds. The first-order chi connectivity index (χ1) is 8.08. The second kappa shape index (κ2) is 7.68. The molecule has 0 unspecified atom stereocenters. The molecule has 0 radical (unpaired) electrons. The van der Waals surface area contributed by atoms with E-state index in [-0.39, 0.29) is 5.75 Å². The summed E-state index contributed by atoms with van der Waals surface area (Å²) in [5.74, 6) is -0.745. The van der Waals surface area contributed by atoms with Crippen molar-refractivity contribution in [3.8, 4) is 0 Å². The van der Waals surface area contributed by atoms with Gasteiger partial charge in [0.05, 0.1) is 12.3 Å². The molecule has 0 aliphatic carbocycles. The van der Waals surface area contributed by atoms with Gasteiger partial charge in [0, 0.05) is 13.1 Å². The quantitative estimate of drug-likeness (QED) is 0.730. The highest BCUT2D eigenvalue weighted by atomic mass is 32.2. The topological polar surface area (TPSA) is 28.4 Å². The maximum absolute atomic E-state index is 12.0. The highest BCUT2D eigenvalue weighted by Crippen LogP contribution is 2.21. The predicted octanol–water partition coefficient (Wildman–Crippen LogP) is 2.39. The zero-order valence-corrected chi connectivity index (χ0v) is 10.9. The summed E-state index contributed by atoms with van der Waals surface area (Å²) < 4.78 is 29.3. The van der Waals surface area contributed by atoms with Crippen LogP contribution in [-0.2, 0) is 12.3 Å². The normalized spacial score (nSPS) is 11.6. The van der Waals surface area contributed by atoms with Crippen LogP contribution >= 0.6 is 11.8 Å². The lowest BCUT2D eigenvalue weighted by Gasteiger charge is -2.09. The lowest BCUT2D eigenvalue weighted by atomic mass is 10.4. The van der Waals surface area contributed by atoms with Gasteiger partial charge in [-0.15, -0.1) is 0 Å². The molecule has 1 aromatic rings. The fourth-order valence-corrected chi connectivity index (χ4v) is 1.70. The number of thioether (sulfide) groups is 1. The summed E-state index contributed by atoms with van der Waals surface area (Å²) in [5, 5.41) is 3.22. The molecule has 0 spiro atoms. The van der Waals surface area contributed by atoms with Crippen molar-refractivity contribution in [2.24, 2.45) is 0 Å². The molecule has 1 aromatic heterocycles. The zero-order valence-electron chi connectivity index (χ0n) is 10.1. The van der Waals surface area contributed by atoms with E-state index in [1.165, 1.54) is 0 Å². The van der Waals surface area contributed by atoms with Crippen LogP contribution < -0.4 is 5.32 Å². The Balaban J connectivity index is 2.21. The molecule has 3 nitrogen and oxygen atoms in total. The third-order valence-electron chi connectivity index (χ3n) is 2.10. The third kappa shape index (κ3) is 6.65. The summed E-state index contributed by atoms with van der Waals surface area (Å²) in [4.78, 5) is 2.08. The van der Waals surface area contributed by atoms with E-state index in [1.54, 1.807) is 6.07 Å². The fraction of sp³-hybridized carbons (Fsp3) is 0.636. The molecule has 98 valence electrons. The van der Waals surface area contributed by atoms with E-state index in [2.05, 4.69) is 10.2 Å². The molecular formula is C11H18F2N2OS. The molecule has 6 heteroatoms. The van der Waals surface area contributed by atoms with Crippen LogP contribution in [0.5, 0.6) is 0 Å². The van der Waals surface area contributed by atoms with Gasteiger partial charge >= 0.3 is 0 Å². The third-order valence-corrected chi connectivity index (χ3v) is 2.81. The van der Waals surface area contributed by atoms with Crippen LogP contribution in [0.3, 0.4) is 0 Å². The first-order valence-electron chi connectivity index (χ1n) is 5.40. The number of likely N-dealkylation sites (N-methyl/N-ethyl adjacent to an activating group) is 1. The van der Waals surface area contributed by atoms with Crippen molar-refractivity contribution in [3.05, 3.63) is 23.7 Å². The Morgan fingerprint density at radius 2 is 2.06 bits per heavy atom. The molecule has 0 aliphatic heterocycles. The van der Waals surface area contributed by atoms with Gasteiger partial charge in [0.25, 0.3) is 5.76 Å². The summed E-state index contributed by atoms with van der Waals surface area (Å²) in [6.07, 6.45) is 0. The van der Waals surface area contributed by atoms with Crippen molar-refractivity contribution < 1.29 is 13.2 Å². The molecule has 0 bridgehead atoms. The average Bonchev–Trinajstić information content (AvgIpc) is 2.69. The summed E-state index contributed by atoms with van der Waals surface area (Å²) in [6, 6.07) is 3.57. The van der Waals surface area contributed by atoms with Crippen LogP contribution in [0, 0.1) is 0 Å². The molecule has 0 fully saturated rings. The lowest BCUT2D eigenvalue weighted by molar-refractivity contribution is 0.251. The van der Waals surface area contributed by atoms with Crippen molar-refractivity contribution in [1.82, 2.24) is 10.2 Å². The summed E-state index contributed by atoms with van der Waals surface area (Å²) in [6.45, 7) is 2.46. The number of alkyl halides is 2. The molecule has 0 saturated carbocycles. The van der Waals surface area contributed by atoms with Crippen molar-refractivity contribution in [3.63, 3.8) is 0 Å². The van der Waals surface area contributed by atoms with Gasteiger partial charge in [-0.3, -0.25) is 0 Å². The molecule has 1 rings (SSSR count). The standard InChI is InChI=1S/C11H18F2N2OS/c1-15(2)6-5-14-7-9-3-4-10(16-9)8-17-11(12)13/h3-4,11,14H,5-8H2,1-2H3. The molecule has 1 N–H and O–H groups in total. The predicted molar refractivity (Wildman–Crippen MR) is 66.3 cm³/mol. The maximum Gasteiger partial charge on any atom is 0.284 e. The number of furan rings is 1. The van der Waals surface area contributed by atoms with E-state index in [0.29, 0.717) is 24.1 Å². The van der Waals surface area contributed by atoms with Gasteiger partial charge in [0.1, 0.15) is 11.5 Å². The molecular weight excluding hydrogens is 246 g/mol. The Morgan fingerprint density at radius 3 is 2.71 bits per heavy atom. The lowest BCUT2D eigenvalue weighted by Crippen LogP contribution is -2.26. The van der Waals surface area contributed by atoms with Gasteiger partial charge in [0.2, 0.25) is 0 Å². The number of nitrogens with zero attached hydrogens (tertiary/aromatic N) is 1. The number of hydrogen-bond acceptors (Lipinski definition) is 4. The van der Waals surface area contributed by atoms with E-state index in [9.17, 15) is 8.78 Å². The molecule has 17 heavy (non-hydrogen) atoms. The van der Waals surface area contributed by atoms with E-state index in [1.807, 2.05) is 20.2 Å². The van der Waals surface area contributed by atoms with Crippen molar-refractivity contribution in [2.75, 3.05) is 27.2 Å². The van der Waals surface area contributed by atoms with Gasteiger partial charge in [-0.1, -0.05) is 11.8 Å². The number of halogens is 2. The number of nitrogens with one attached hydrogen (secondary N) is 1. The van der Waals surface area contributed by atoms with Crippen LogP contribution in [0.25, 0.3) is 0 Å². The number of rotatable bonds is 8. The largest absolute Gasteiger partial charge is 0.464 e. The minimum Gasteiger partial charge on any atom is -0.464 e. The van der Waals surface area contributed by atoms with Crippen molar-refractivity contribution in [2.45, 2.75) is 18.1 Å². The van der Waals surface area contributed by atoms with E-state index in [0.717, 1.165) is 18.8 Å². The van der Waals surface area contributed by atoms with Gasteiger partial charge in [-0.2, -0.15) is 8.78 Å². The Morgan fingerprint density at radius 1 is 1.35 bits per heavy atom. The summed E-state index contributed by atoms with van der Waals surface area (Å²) in [7, 11) is 4.02. The second-order valence-electron chi connectivity index (χ2n) is 3.92. The Labute approximate surface area is 105 Å². The van der Waals surface area contributed by atoms with E-state index in [4.69, 9.17) is 4.42 Å². The Bertz CT molecular complexity index is 318. The fourth-order valence-electron chi connectivity index (χ4n) is 1.25. The zero-order chi connectivity index (χ0) is 12.7. The first kappa shape index (κ1) is 14.5. The minimum atomic E-state index is -2.35. The molecule has 1 heterocycles. The molecule has 0 aliphatic rings. The highest BCUT2D eigenvalue weighted by Gasteiger charge is 2.07. The van der Waals surface area contributed by atoms with Crippen molar-refractivity contribution >= 4 is 11.8 Å². The molecule has 0 atom stereocenters. The smallest absolute Gasteiger partial charge is 0.284 e. The van der Waals surface area contributed by atoms with Crippen LogP contribution in [0.15, 0.2) is 16.5 Å². The van der Waals surface area contributed by atoms with Crippen molar-refractivity contribution in [1.29, 1.82) is 0 Å². The first-order valence-corrected chi connectivity index (χ1v) is 6.45. The summed E-state index contributed by atoms with van der Waals surface area (Å²) >= 11 is 0.576. The van der Waals surface area contributed by atoms with Gasteiger partial charge in [-0.05, 0) is 26.2 Å². The minimum absolute atomic E-state index is 0.218. The van der Waals surface area contributed by atoms with Crippen LogP contribution in [0.1, 0.15) is 11.5 Å². The van der Waals surface area contributed by atoms with Gasteiger partial charge in [-0.25, -0.2) is 0 Å². The van der Waals surface area contributed by atoms with Gasteiger partial charge in [0.15, 0.2) is 0 Å². The van der Waals surface area contributed by atoms with Crippen LogP contribution in [0.2, 0.25) is 0 Å². The SMILES string of the molecule is CN(C)CCNCc1ccc(CSC(F)F)o1. The van der Waals surface area contributed by atoms with Gasteiger partial charge < -0.3 is 14.6 Å². The maximum atomic E-state index is 12.0. The van der Waals surface area contributed by atoms with Crippen LogP contribution in [0.4, 0.5) is 8.78 Å². The monoisotopic (exact) mass is 264 g/mol. The summed E-state index contributed by atoms with van der Waals surface area (Å²) in [5.41, 5.74) is 0. The Hall–Kier alpha value is -0.590. The molecule has 0 aromatic carbocycles. The highest BCUT2D eigenvalue weighted by molar-refractivity contribution is 7.98. The molecule has 0 saturated heterocycles. The number of hydrogen-bond donors (Lipinski definition) is 1. The van der Waals surface area contributed by atoms with E-state index < -0.39 is 5.76 Å². The Kier molecular flexibility index (Phi) is 6.54. The van der Waals surface area contributed by atoms with Crippen LogP contribution in [-0.4, -0.2) is 37.8 Å².